The average Bonchev–Trinajstić information content (AvgIpc) is 3.10. The van der Waals surface area contributed by atoms with Crippen LogP contribution in [0.5, 0.6) is 0 Å². The Labute approximate surface area is 214 Å². The molecule has 7 nitrogen and oxygen atoms in total. The fourth-order valence-electron chi connectivity index (χ4n) is 3.69. The number of thioether (sulfide) groups is 1. The molecular formula is C26H28N4O3S2. The molecule has 0 spiro atoms. The largest absolute Gasteiger partial charge is 0.382 e. The second kappa shape index (κ2) is 11.2. The predicted octanol–water partition coefficient (Wildman–Crippen LogP) is 4.55. The van der Waals surface area contributed by atoms with Crippen LogP contribution < -0.4 is 10.9 Å². The Morgan fingerprint density at radius 1 is 1.11 bits per heavy atom. The highest BCUT2D eigenvalue weighted by Gasteiger charge is 2.32. The van der Waals surface area contributed by atoms with Crippen LogP contribution in [-0.2, 0) is 16.1 Å². The number of aromatic nitrogens is 2. The molecule has 3 aromatic rings. The number of carbonyl (C=O) groups is 1. The number of hydrogen-bond donors (Lipinski definition) is 1. The van der Waals surface area contributed by atoms with Gasteiger partial charge in [0.25, 0.3) is 11.5 Å². The molecule has 0 saturated carbocycles. The van der Waals surface area contributed by atoms with Crippen LogP contribution in [0.3, 0.4) is 0 Å². The molecular weight excluding hydrogens is 480 g/mol. The lowest BCUT2D eigenvalue weighted by Crippen LogP contribution is -2.27. The standard InChI is InChI=1S/C26H28N4O3S2/c1-4-33-13-5-12-27-23-20(24(31)29-15-18(3)8-11-22(29)28-23)14-21-25(32)30(26(34)35-21)16-19-9-6-17(2)7-10-19/h6-11,14-15,27H,4-5,12-13,16H2,1-3H3. The van der Waals surface area contributed by atoms with Crippen LogP contribution in [0.15, 0.2) is 52.3 Å². The number of nitrogens with one attached hydrogen (secondary N) is 1. The Kier molecular flexibility index (Phi) is 8.00. The molecule has 1 fully saturated rings. The lowest BCUT2D eigenvalue weighted by molar-refractivity contribution is -0.122. The Morgan fingerprint density at radius 3 is 2.60 bits per heavy atom. The van der Waals surface area contributed by atoms with E-state index in [1.165, 1.54) is 16.2 Å². The summed E-state index contributed by atoms with van der Waals surface area (Å²) in [6.07, 6.45) is 4.13. The van der Waals surface area contributed by atoms with Crippen LogP contribution in [0.2, 0.25) is 0 Å². The van der Waals surface area contributed by atoms with E-state index in [-0.39, 0.29) is 11.5 Å². The number of anilines is 1. The molecule has 1 aliphatic heterocycles. The van der Waals surface area contributed by atoms with Crippen LogP contribution in [0.1, 0.15) is 35.6 Å². The van der Waals surface area contributed by atoms with Crippen LogP contribution in [0, 0.1) is 13.8 Å². The summed E-state index contributed by atoms with van der Waals surface area (Å²) in [5.74, 6) is 0.232. The Balaban J connectivity index is 1.67. The smallest absolute Gasteiger partial charge is 0.267 e. The van der Waals surface area contributed by atoms with Gasteiger partial charge in [0.1, 0.15) is 15.8 Å². The quantitative estimate of drug-likeness (QED) is 0.258. The SMILES string of the molecule is CCOCCCNc1nc2ccc(C)cn2c(=O)c1C=C1SC(=S)N(Cc2ccc(C)cc2)C1=O. The van der Waals surface area contributed by atoms with Gasteiger partial charge in [-0.15, -0.1) is 0 Å². The molecule has 9 heteroatoms. The van der Waals surface area contributed by atoms with Crippen molar-refractivity contribution in [2.24, 2.45) is 0 Å². The first kappa shape index (κ1) is 25.1. The molecule has 1 aliphatic rings. The van der Waals surface area contributed by atoms with Crippen molar-refractivity contribution >= 4 is 51.7 Å². The van der Waals surface area contributed by atoms with E-state index in [2.05, 4.69) is 10.3 Å². The molecule has 2 aromatic heterocycles. The van der Waals surface area contributed by atoms with E-state index in [4.69, 9.17) is 17.0 Å². The van der Waals surface area contributed by atoms with Crippen LogP contribution in [0.25, 0.3) is 11.7 Å². The zero-order valence-electron chi connectivity index (χ0n) is 20.0. The first-order chi connectivity index (χ1) is 16.9. The number of benzene rings is 1. The summed E-state index contributed by atoms with van der Waals surface area (Å²) in [6.45, 7) is 8.14. The maximum absolute atomic E-state index is 13.5. The van der Waals surface area contributed by atoms with Gasteiger partial charge in [-0.1, -0.05) is 59.9 Å². The number of nitrogens with zero attached hydrogens (tertiary/aromatic N) is 3. The molecule has 35 heavy (non-hydrogen) atoms. The van der Waals surface area contributed by atoms with Gasteiger partial charge in [-0.25, -0.2) is 4.98 Å². The van der Waals surface area contributed by atoms with E-state index in [1.54, 1.807) is 17.2 Å². The van der Waals surface area contributed by atoms with E-state index in [0.717, 1.165) is 23.1 Å². The van der Waals surface area contributed by atoms with Crippen LogP contribution in [0.4, 0.5) is 5.82 Å². The molecule has 0 radical (unpaired) electrons. The lowest BCUT2D eigenvalue weighted by Gasteiger charge is -2.14. The number of fused-ring (bicyclic) bond motifs is 1. The minimum absolute atomic E-state index is 0.211. The molecule has 4 rings (SSSR count). The second-order valence-electron chi connectivity index (χ2n) is 8.34. The number of amides is 1. The molecule has 0 aliphatic carbocycles. The van der Waals surface area contributed by atoms with E-state index in [0.29, 0.717) is 52.6 Å². The summed E-state index contributed by atoms with van der Waals surface area (Å²) >= 11 is 6.71. The summed E-state index contributed by atoms with van der Waals surface area (Å²) in [6, 6.07) is 11.7. The Morgan fingerprint density at radius 2 is 1.86 bits per heavy atom. The van der Waals surface area contributed by atoms with Gasteiger partial charge < -0.3 is 10.1 Å². The van der Waals surface area contributed by atoms with Crippen LogP contribution >= 0.6 is 24.0 Å². The highest BCUT2D eigenvalue weighted by Crippen LogP contribution is 2.34. The molecule has 1 amide bonds. The second-order valence-corrected chi connectivity index (χ2v) is 10.0. The van der Waals surface area contributed by atoms with Crippen molar-refractivity contribution in [2.45, 2.75) is 33.7 Å². The fourth-order valence-corrected chi connectivity index (χ4v) is 4.93. The molecule has 182 valence electrons. The number of thiocarbonyl (C=S) groups is 1. The third-order valence-corrected chi connectivity index (χ3v) is 6.96. The van der Waals surface area contributed by atoms with Crippen molar-refractivity contribution in [1.29, 1.82) is 0 Å². The van der Waals surface area contributed by atoms with E-state index < -0.39 is 0 Å². The van der Waals surface area contributed by atoms with Gasteiger partial charge in [0.05, 0.1) is 17.0 Å². The fraction of sp³-hybridized carbons (Fsp3) is 0.308. The summed E-state index contributed by atoms with van der Waals surface area (Å²) < 4.78 is 7.39. The Hall–Kier alpha value is -3.01. The number of ether oxygens (including phenoxy) is 1. The number of carbonyl (C=O) groups excluding carboxylic acids is 1. The summed E-state index contributed by atoms with van der Waals surface area (Å²) in [5.41, 5.74) is 3.72. The molecule has 1 saturated heterocycles. The maximum atomic E-state index is 13.5. The molecule has 1 N–H and O–H groups in total. The third-order valence-electron chi connectivity index (χ3n) is 5.58. The molecule has 0 unspecified atom stereocenters. The van der Waals surface area contributed by atoms with Crippen molar-refractivity contribution in [1.82, 2.24) is 14.3 Å². The normalized spacial score (nSPS) is 14.9. The summed E-state index contributed by atoms with van der Waals surface area (Å²) in [5, 5.41) is 3.26. The number of rotatable bonds is 9. The molecule has 1 aromatic carbocycles. The van der Waals surface area contributed by atoms with Crippen molar-refractivity contribution < 1.29 is 9.53 Å². The van der Waals surface area contributed by atoms with Crippen LogP contribution in [-0.4, -0.2) is 44.3 Å². The highest BCUT2D eigenvalue weighted by atomic mass is 32.2. The van der Waals surface area contributed by atoms with Gasteiger partial charge in [0.15, 0.2) is 0 Å². The summed E-state index contributed by atoms with van der Waals surface area (Å²) in [7, 11) is 0. The zero-order valence-corrected chi connectivity index (χ0v) is 21.7. The van der Waals surface area contributed by atoms with Gasteiger partial charge in [-0.3, -0.25) is 18.9 Å². The predicted molar refractivity (Wildman–Crippen MR) is 146 cm³/mol. The van der Waals surface area contributed by atoms with Crippen molar-refractivity contribution in [2.75, 3.05) is 25.1 Å². The first-order valence-electron chi connectivity index (χ1n) is 11.5. The third kappa shape index (κ3) is 5.80. The van der Waals surface area contributed by atoms with Crippen molar-refractivity contribution in [3.63, 3.8) is 0 Å². The van der Waals surface area contributed by atoms with Crippen molar-refractivity contribution in [3.05, 3.63) is 80.1 Å². The minimum Gasteiger partial charge on any atom is -0.382 e. The minimum atomic E-state index is -0.241. The van der Waals surface area contributed by atoms with Gasteiger partial charge in [-0.05, 0) is 50.5 Å². The van der Waals surface area contributed by atoms with E-state index >= 15 is 0 Å². The maximum Gasteiger partial charge on any atom is 0.267 e. The first-order valence-corrected chi connectivity index (χ1v) is 12.8. The lowest BCUT2D eigenvalue weighted by atomic mass is 10.1. The monoisotopic (exact) mass is 508 g/mol. The molecule has 0 bridgehead atoms. The topological polar surface area (TPSA) is 75.9 Å². The highest BCUT2D eigenvalue weighted by molar-refractivity contribution is 8.26. The van der Waals surface area contributed by atoms with E-state index in [9.17, 15) is 9.59 Å². The van der Waals surface area contributed by atoms with E-state index in [1.807, 2.05) is 57.2 Å². The van der Waals surface area contributed by atoms with Gasteiger partial charge in [0, 0.05) is 26.0 Å². The molecule has 3 heterocycles. The summed E-state index contributed by atoms with van der Waals surface area (Å²) in [4.78, 5) is 33.4. The van der Waals surface area contributed by atoms with Gasteiger partial charge in [-0.2, -0.15) is 0 Å². The van der Waals surface area contributed by atoms with Gasteiger partial charge >= 0.3 is 0 Å². The number of hydrogen-bond acceptors (Lipinski definition) is 7. The van der Waals surface area contributed by atoms with Crippen molar-refractivity contribution in [3.8, 4) is 0 Å². The Bertz CT molecular complexity index is 1350. The van der Waals surface area contributed by atoms with Gasteiger partial charge in [0.2, 0.25) is 0 Å². The zero-order chi connectivity index (χ0) is 24.9. The average molecular weight is 509 g/mol. The number of aryl methyl sites for hydroxylation is 2. The number of pyridine rings is 1. The molecule has 0 atom stereocenters.